The molecule has 1 atom stereocenters. The largest absolute Gasteiger partial charge is 0.389 e. The SMILES string of the molecule is OC(COCc1ccccc1Cl)CN1CCC(c2nc3ccccc3s2)CC1. The maximum absolute atomic E-state index is 10.3. The predicted molar refractivity (Wildman–Crippen MR) is 115 cm³/mol. The summed E-state index contributed by atoms with van der Waals surface area (Å²) in [7, 11) is 0. The van der Waals surface area contributed by atoms with Crippen molar-refractivity contribution < 1.29 is 9.84 Å². The Kier molecular flexibility index (Phi) is 6.60. The van der Waals surface area contributed by atoms with E-state index in [1.165, 1.54) is 9.71 Å². The summed E-state index contributed by atoms with van der Waals surface area (Å²) < 4.78 is 6.93. The molecule has 0 bridgehead atoms. The molecule has 1 N–H and O–H groups in total. The molecule has 3 aromatic rings. The quantitative estimate of drug-likeness (QED) is 0.606. The Morgan fingerprint density at radius 2 is 1.89 bits per heavy atom. The summed E-state index contributed by atoms with van der Waals surface area (Å²) in [6.07, 6.45) is 1.70. The molecule has 1 unspecified atom stereocenters. The fraction of sp³-hybridized carbons (Fsp3) is 0.409. The highest BCUT2D eigenvalue weighted by molar-refractivity contribution is 7.18. The maximum atomic E-state index is 10.3. The molecule has 1 fully saturated rings. The molecular formula is C22H25ClN2O2S. The van der Waals surface area contributed by atoms with Crippen molar-refractivity contribution in [3.8, 4) is 0 Å². The highest BCUT2D eigenvalue weighted by Crippen LogP contribution is 2.33. The van der Waals surface area contributed by atoms with Gasteiger partial charge in [0.1, 0.15) is 0 Å². The number of aliphatic hydroxyl groups excluding tert-OH is 1. The van der Waals surface area contributed by atoms with Gasteiger partial charge in [0.15, 0.2) is 0 Å². The van der Waals surface area contributed by atoms with Crippen LogP contribution in [0.15, 0.2) is 48.5 Å². The van der Waals surface area contributed by atoms with Crippen molar-refractivity contribution in [2.75, 3.05) is 26.2 Å². The third kappa shape index (κ3) is 4.91. The molecule has 0 radical (unpaired) electrons. The number of piperidine rings is 1. The van der Waals surface area contributed by atoms with E-state index >= 15 is 0 Å². The van der Waals surface area contributed by atoms with Crippen molar-refractivity contribution in [1.29, 1.82) is 0 Å². The smallest absolute Gasteiger partial charge is 0.0970 e. The van der Waals surface area contributed by atoms with Crippen LogP contribution in [0.5, 0.6) is 0 Å². The normalized spacial score (nSPS) is 17.2. The van der Waals surface area contributed by atoms with Gasteiger partial charge in [0.25, 0.3) is 0 Å². The van der Waals surface area contributed by atoms with Gasteiger partial charge in [-0.25, -0.2) is 4.98 Å². The van der Waals surface area contributed by atoms with Crippen LogP contribution < -0.4 is 0 Å². The number of hydrogen-bond acceptors (Lipinski definition) is 5. The lowest BCUT2D eigenvalue weighted by Crippen LogP contribution is -2.39. The van der Waals surface area contributed by atoms with E-state index in [-0.39, 0.29) is 0 Å². The van der Waals surface area contributed by atoms with Crippen LogP contribution in [0.3, 0.4) is 0 Å². The van der Waals surface area contributed by atoms with Crippen molar-refractivity contribution in [3.05, 3.63) is 64.1 Å². The fourth-order valence-electron chi connectivity index (χ4n) is 3.70. The summed E-state index contributed by atoms with van der Waals surface area (Å²) in [5, 5.41) is 12.3. The van der Waals surface area contributed by atoms with Crippen molar-refractivity contribution in [2.24, 2.45) is 0 Å². The van der Waals surface area contributed by atoms with Gasteiger partial charge in [-0.05, 0) is 49.7 Å². The Hall–Kier alpha value is -1.50. The van der Waals surface area contributed by atoms with Crippen LogP contribution in [-0.2, 0) is 11.3 Å². The number of aliphatic hydroxyl groups is 1. The lowest BCUT2D eigenvalue weighted by molar-refractivity contribution is 0.00623. The van der Waals surface area contributed by atoms with Crippen molar-refractivity contribution in [3.63, 3.8) is 0 Å². The molecule has 1 saturated heterocycles. The first-order valence-corrected chi connectivity index (χ1v) is 11.0. The van der Waals surface area contributed by atoms with Gasteiger partial charge in [-0.1, -0.05) is 41.9 Å². The molecule has 6 heteroatoms. The highest BCUT2D eigenvalue weighted by atomic mass is 35.5. The second-order valence-electron chi connectivity index (χ2n) is 7.36. The zero-order valence-corrected chi connectivity index (χ0v) is 17.3. The van der Waals surface area contributed by atoms with Gasteiger partial charge in [0.05, 0.1) is 34.5 Å². The van der Waals surface area contributed by atoms with E-state index in [1.807, 2.05) is 41.7 Å². The molecule has 1 aliphatic rings. The van der Waals surface area contributed by atoms with Crippen LogP contribution in [0.1, 0.15) is 29.3 Å². The number of β-amino-alcohol motifs (C(OH)–C–C–N with tert-alkyl or cyclic N) is 1. The summed E-state index contributed by atoms with van der Waals surface area (Å²) in [6.45, 7) is 3.37. The van der Waals surface area contributed by atoms with Gasteiger partial charge in [-0.15, -0.1) is 11.3 Å². The monoisotopic (exact) mass is 416 g/mol. The van der Waals surface area contributed by atoms with E-state index in [0.717, 1.165) is 37.0 Å². The number of likely N-dealkylation sites (tertiary alicyclic amines) is 1. The summed E-state index contributed by atoms with van der Waals surface area (Å²) in [4.78, 5) is 7.15. The highest BCUT2D eigenvalue weighted by Gasteiger charge is 2.24. The van der Waals surface area contributed by atoms with Gasteiger partial charge < -0.3 is 14.7 Å². The summed E-state index contributed by atoms with van der Waals surface area (Å²) >= 11 is 7.95. The number of para-hydroxylation sites is 1. The molecule has 1 aliphatic heterocycles. The number of benzene rings is 2. The molecule has 2 heterocycles. The molecule has 0 spiro atoms. The number of ether oxygens (including phenoxy) is 1. The number of rotatable bonds is 7. The zero-order valence-electron chi connectivity index (χ0n) is 15.8. The van der Waals surface area contributed by atoms with E-state index in [0.29, 0.717) is 30.7 Å². The third-order valence-corrected chi connectivity index (χ3v) is 6.81. The Morgan fingerprint density at radius 1 is 1.14 bits per heavy atom. The number of thiazole rings is 1. The average Bonchev–Trinajstić information content (AvgIpc) is 3.14. The van der Waals surface area contributed by atoms with Crippen molar-refractivity contribution >= 4 is 33.2 Å². The van der Waals surface area contributed by atoms with E-state index in [4.69, 9.17) is 21.3 Å². The average molecular weight is 417 g/mol. The van der Waals surface area contributed by atoms with Gasteiger partial charge in [0, 0.05) is 17.5 Å². The fourth-order valence-corrected chi connectivity index (χ4v) is 5.03. The first kappa shape index (κ1) is 19.8. The van der Waals surface area contributed by atoms with Crippen LogP contribution in [0.2, 0.25) is 5.02 Å². The number of aromatic nitrogens is 1. The van der Waals surface area contributed by atoms with Crippen molar-refractivity contribution in [1.82, 2.24) is 9.88 Å². The van der Waals surface area contributed by atoms with Gasteiger partial charge in [0.2, 0.25) is 0 Å². The first-order valence-electron chi connectivity index (χ1n) is 9.76. The second-order valence-corrected chi connectivity index (χ2v) is 8.82. The number of fused-ring (bicyclic) bond motifs is 1. The third-order valence-electron chi connectivity index (χ3n) is 5.24. The lowest BCUT2D eigenvalue weighted by Gasteiger charge is -2.32. The predicted octanol–water partition coefficient (Wildman–Crippen LogP) is 4.71. The van der Waals surface area contributed by atoms with E-state index < -0.39 is 6.10 Å². The molecule has 4 rings (SSSR count). The standard InChI is InChI=1S/C22H25ClN2O2S/c23-19-6-2-1-5-17(19)14-27-15-18(26)13-25-11-9-16(10-12-25)22-24-20-7-3-4-8-21(20)28-22/h1-8,16,18,26H,9-15H2. The molecule has 2 aromatic carbocycles. The van der Waals surface area contributed by atoms with Crippen LogP contribution in [0.25, 0.3) is 10.2 Å². The van der Waals surface area contributed by atoms with Crippen LogP contribution in [-0.4, -0.2) is 47.3 Å². The number of halogens is 1. The van der Waals surface area contributed by atoms with E-state index in [2.05, 4.69) is 23.1 Å². The summed E-state index contributed by atoms with van der Waals surface area (Å²) in [5.74, 6) is 0.530. The second kappa shape index (κ2) is 9.33. The maximum Gasteiger partial charge on any atom is 0.0970 e. The number of nitrogens with zero attached hydrogens (tertiary/aromatic N) is 2. The Balaban J connectivity index is 1.21. The molecule has 0 amide bonds. The lowest BCUT2D eigenvalue weighted by atomic mass is 9.97. The number of hydrogen-bond donors (Lipinski definition) is 1. The van der Waals surface area contributed by atoms with Gasteiger partial charge in [-0.2, -0.15) is 0 Å². The Labute approximate surface area is 174 Å². The molecular weight excluding hydrogens is 392 g/mol. The molecule has 4 nitrogen and oxygen atoms in total. The van der Waals surface area contributed by atoms with Crippen molar-refractivity contribution in [2.45, 2.75) is 31.5 Å². The van der Waals surface area contributed by atoms with E-state index in [9.17, 15) is 5.11 Å². The Bertz CT molecular complexity index is 875. The first-order chi connectivity index (χ1) is 13.7. The molecule has 1 aromatic heterocycles. The summed E-state index contributed by atoms with van der Waals surface area (Å²) in [5.41, 5.74) is 2.06. The minimum absolute atomic E-state index is 0.322. The minimum atomic E-state index is -0.485. The molecule has 0 aliphatic carbocycles. The Morgan fingerprint density at radius 3 is 2.68 bits per heavy atom. The minimum Gasteiger partial charge on any atom is -0.389 e. The topological polar surface area (TPSA) is 45.6 Å². The molecule has 0 saturated carbocycles. The van der Waals surface area contributed by atoms with E-state index in [1.54, 1.807) is 0 Å². The zero-order chi connectivity index (χ0) is 19.3. The van der Waals surface area contributed by atoms with Crippen LogP contribution in [0.4, 0.5) is 0 Å². The molecule has 28 heavy (non-hydrogen) atoms. The van der Waals surface area contributed by atoms with Crippen LogP contribution in [0, 0.1) is 0 Å². The van der Waals surface area contributed by atoms with Gasteiger partial charge in [-0.3, -0.25) is 0 Å². The van der Waals surface area contributed by atoms with Crippen LogP contribution >= 0.6 is 22.9 Å². The summed E-state index contributed by atoms with van der Waals surface area (Å²) in [6, 6.07) is 16.0. The van der Waals surface area contributed by atoms with Gasteiger partial charge >= 0.3 is 0 Å². The molecule has 148 valence electrons.